The molecule has 210 valence electrons. The molecule has 0 aromatic heterocycles. The van der Waals surface area contributed by atoms with Crippen LogP contribution in [-0.4, -0.2) is 46.8 Å². The molecule has 1 amide bonds. The third-order valence-electron chi connectivity index (χ3n) is 10.6. The molecule has 3 N–H and O–H groups in total. The van der Waals surface area contributed by atoms with E-state index < -0.39 is 17.0 Å². The maximum absolute atomic E-state index is 12.1. The first-order valence-corrected chi connectivity index (χ1v) is 14.8. The molecule has 6 fully saturated rings. The molecular formula is C32H48N2O4. The largest absolute Gasteiger partial charge is 0.481 e. The van der Waals surface area contributed by atoms with Crippen LogP contribution in [0, 0.1) is 22.2 Å². The van der Waals surface area contributed by atoms with E-state index in [1.807, 2.05) is 25.7 Å². The topological polar surface area (TPSA) is 92.9 Å². The lowest BCUT2D eigenvalue weighted by Gasteiger charge is -2.65. The second-order valence-electron chi connectivity index (χ2n) is 14.8. The quantitative estimate of drug-likeness (QED) is 0.470. The smallest absolute Gasteiger partial charge is 0.410 e. The predicted octanol–water partition coefficient (Wildman–Crippen LogP) is 6.51. The van der Waals surface area contributed by atoms with Crippen LogP contribution in [-0.2, 0) is 14.9 Å². The lowest BCUT2D eigenvalue weighted by molar-refractivity contribution is -0.179. The van der Waals surface area contributed by atoms with Crippen molar-refractivity contribution >= 4 is 12.1 Å². The third kappa shape index (κ3) is 5.10. The normalized spacial score (nSPS) is 35.3. The average molecular weight is 525 g/mol. The van der Waals surface area contributed by atoms with Gasteiger partial charge in [0.05, 0.1) is 5.41 Å². The Kier molecular flexibility index (Phi) is 6.90. The monoisotopic (exact) mass is 524 g/mol. The number of nitrogens with two attached hydrogens (primary N) is 1. The van der Waals surface area contributed by atoms with Gasteiger partial charge >= 0.3 is 12.1 Å². The first-order valence-electron chi connectivity index (χ1n) is 14.8. The molecule has 1 aromatic rings. The number of benzene rings is 1. The van der Waals surface area contributed by atoms with Crippen LogP contribution >= 0.6 is 0 Å². The number of aliphatic carboxylic acids is 1. The minimum atomic E-state index is -0.537. The van der Waals surface area contributed by atoms with Crippen LogP contribution in [0.5, 0.6) is 0 Å². The van der Waals surface area contributed by atoms with E-state index in [9.17, 15) is 14.7 Å². The summed E-state index contributed by atoms with van der Waals surface area (Å²) in [6.07, 6.45) is 11.8. The fourth-order valence-electron chi connectivity index (χ4n) is 9.17. The Morgan fingerprint density at radius 3 is 2.26 bits per heavy atom. The number of rotatable bonds is 3. The zero-order chi connectivity index (χ0) is 27.4. The molecule has 6 heteroatoms. The molecule has 1 aliphatic heterocycles. The van der Waals surface area contributed by atoms with Gasteiger partial charge in [0, 0.05) is 24.5 Å². The number of hydrogen-bond donors (Lipinski definition) is 2. The van der Waals surface area contributed by atoms with E-state index in [2.05, 4.69) is 37.3 Å². The lowest BCUT2D eigenvalue weighted by atomic mass is 9.38. The van der Waals surface area contributed by atoms with Crippen LogP contribution in [0.25, 0.3) is 0 Å². The summed E-state index contributed by atoms with van der Waals surface area (Å²) >= 11 is 0. The highest BCUT2D eigenvalue weighted by atomic mass is 16.6. The molecule has 5 aliphatic carbocycles. The molecule has 7 rings (SSSR count). The Bertz CT molecular complexity index is 1040. The number of nitrogens with zero attached hydrogens (tertiary/aromatic N) is 1. The summed E-state index contributed by atoms with van der Waals surface area (Å²) in [5.74, 6) is 0.0715. The van der Waals surface area contributed by atoms with Crippen molar-refractivity contribution in [2.45, 2.75) is 115 Å². The van der Waals surface area contributed by atoms with E-state index >= 15 is 0 Å². The van der Waals surface area contributed by atoms with Gasteiger partial charge in [-0.25, -0.2) is 4.79 Å². The van der Waals surface area contributed by atoms with Crippen molar-refractivity contribution in [3.63, 3.8) is 0 Å². The van der Waals surface area contributed by atoms with Crippen molar-refractivity contribution in [1.29, 1.82) is 0 Å². The van der Waals surface area contributed by atoms with Gasteiger partial charge in [-0.15, -0.1) is 0 Å². The van der Waals surface area contributed by atoms with Crippen molar-refractivity contribution < 1.29 is 19.4 Å². The van der Waals surface area contributed by atoms with E-state index in [0.29, 0.717) is 17.4 Å². The van der Waals surface area contributed by atoms with Crippen molar-refractivity contribution in [2.24, 2.45) is 27.9 Å². The average Bonchev–Trinajstić information content (AvgIpc) is 2.82. The third-order valence-corrected chi connectivity index (χ3v) is 10.6. The molecule has 4 bridgehead atoms. The van der Waals surface area contributed by atoms with Crippen LogP contribution in [0.3, 0.4) is 0 Å². The van der Waals surface area contributed by atoms with Gasteiger partial charge in [0.1, 0.15) is 5.60 Å². The molecule has 6 nitrogen and oxygen atoms in total. The summed E-state index contributed by atoms with van der Waals surface area (Å²) in [6.45, 7) is 9.69. The maximum Gasteiger partial charge on any atom is 0.410 e. The zero-order valence-electron chi connectivity index (χ0n) is 23.9. The first kappa shape index (κ1) is 27.5. The number of amides is 1. The van der Waals surface area contributed by atoms with Crippen LogP contribution in [0.2, 0.25) is 0 Å². The van der Waals surface area contributed by atoms with Crippen molar-refractivity contribution in [3.05, 3.63) is 35.9 Å². The highest BCUT2D eigenvalue weighted by Gasteiger charge is 2.65. The highest BCUT2D eigenvalue weighted by Crippen LogP contribution is 2.71. The SMILES string of the molecule is CC(C)(C)OC(=O)N1CC2(CCC(N)CC2)C1.CCC12CC3CC(C(=O)O)(C1)CC(c1ccccc1)(C3)C2. The molecule has 38 heavy (non-hydrogen) atoms. The van der Waals surface area contributed by atoms with Gasteiger partial charge in [-0.1, -0.05) is 43.7 Å². The standard InChI is InChI=1S/C19H24O2.C13H24N2O2/c1-2-17-8-14-9-18(11-17,15-6-4-3-5-7-15)13-19(10-14,12-17)16(20)21;1-12(2,3)17-11(16)15-8-13(9-15)6-4-10(14)5-7-13/h3-7,14H,2,8-13H2,1H3,(H,20,21);10H,4-9,14H2,1-3H3. The molecule has 1 heterocycles. The Morgan fingerprint density at radius 2 is 1.68 bits per heavy atom. The molecule has 6 aliphatic rings. The molecule has 1 aromatic carbocycles. The number of ether oxygens (including phenoxy) is 1. The Hall–Kier alpha value is -2.08. The minimum absolute atomic E-state index is 0.120. The Morgan fingerprint density at radius 1 is 1.03 bits per heavy atom. The van der Waals surface area contributed by atoms with E-state index in [1.165, 1.54) is 24.8 Å². The van der Waals surface area contributed by atoms with Gasteiger partial charge in [0.2, 0.25) is 0 Å². The number of hydrogen-bond acceptors (Lipinski definition) is 4. The number of carbonyl (C=O) groups is 2. The van der Waals surface area contributed by atoms with E-state index in [0.717, 1.165) is 64.5 Å². The fourth-order valence-corrected chi connectivity index (χ4v) is 9.17. The summed E-state index contributed by atoms with van der Waals surface area (Å²) in [5.41, 5.74) is 7.19. The maximum atomic E-state index is 12.1. The summed E-state index contributed by atoms with van der Waals surface area (Å²) in [4.78, 5) is 25.7. The number of carbonyl (C=O) groups excluding carboxylic acids is 1. The predicted molar refractivity (Wildman–Crippen MR) is 149 cm³/mol. The number of likely N-dealkylation sites (tertiary alicyclic amines) is 1. The molecule has 1 saturated heterocycles. The second kappa shape index (κ2) is 9.53. The highest BCUT2D eigenvalue weighted by molar-refractivity contribution is 5.76. The fraction of sp³-hybridized carbons (Fsp3) is 0.750. The minimum Gasteiger partial charge on any atom is -0.481 e. The molecule has 1 spiro atoms. The van der Waals surface area contributed by atoms with Crippen LogP contribution in [0.1, 0.15) is 104 Å². The van der Waals surface area contributed by atoms with Gasteiger partial charge < -0.3 is 20.5 Å². The molecule has 4 atom stereocenters. The summed E-state index contributed by atoms with van der Waals surface area (Å²) < 4.78 is 5.36. The van der Waals surface area contributed by atoms with Crippen LogP contribution in [0.4, 0.5) is 4.79 Å². The molecule has 4 unspecified atom stereocenters. The van der Waals surface area contributed by atoms with Gasteiger partial charge in [-0.3, -0.25) is 4.79 Å². The second-order valence-corrected chi connectivity index (χ2v) is 14.8. The van der Waals surface area contributed by atoms with Crippen LogP contribution < -0.4 is 5.73 Å². The van der Waals surface area contributed by atoms with E-state index in [1.54, 1.807) is 0 Å². The summed E-state index contributed by atoms with van der Waals surface area (Å²) in [7, 11) is 0. The van der Waals surface area contributed by atoms with E-state index in [4.69, 9.17) is 10.5 Å². The molecule has 0 radical (unpaired) electrons. The first-order chi connectivity index (χ1) is 17.8. The van der Waals surface area contributed by atoms with Crippen LogP contribution in [0.15, 0.2) is 30.3 Å². The molecular weight excluding hydrogens is 476 g/mol. The van der Waals surface area contributed by atoms with Crippen molar-refractivity contribution in [3.8, 4) is 0 Å². The Balaban J connectivity index is 0.000000159. The number of carboxylic acids is 1. The number of carboxylic acid groups (broad SMARTS) is 1. The summed E-state index contributed by atoms with van der Waals surface area (Å²) in [5, 5.41) is 9.95. The van der Waals surface area contributed by atoms with Gasteiger partial charge in [0.15, 0.2) is 0 Å². The van der Waals surface area contributed by atoms with Gasteiger partial charge in [-0.05, 0) is 107 Å². The lowest BCUT2D eigenvalue weighted by Crippen LogP contribution is -2.60. The summed E-state index contributed by atoms with van der Waals surface area (Å²) in [6, 6.07) is 11.1. The van der Waals surface area contributed by atoms with E-state index in [-0.39, 0.29) is 16.9 Å². The zero-order valence-corrected chi connectivity index (χ0v) is 23.9. The van der Waals surface area contributed by atoms with Crippen molar-refractivity contribution in [1.82, 2.24) is 4.90 Å². The van der Waals surface area contributed by atoms with Gasteiger partial charge in [-0.2, -0.15) is 0 Å². The van der Waals surface area contributed by atoms with Crippen molar-refractivity contribution in [2.75, 3.05) is 13.1 Å². The van der Waals surface area contributed by atoms with Gasteiger partial charge in [0.25, 0.3) is 0 Å². The molecule has 5 saturated carbocycles. The Labute approximate surface area is 228 Å².